The van der Waals surface area contributed by atoms with E-state index in [1.54, 1.807) is 6.07 Å². The number of fused-ring (bicyclic) bond motifs is 1. The first-order valence-electron chi connectivity index (χ1n) is 9.22. The molecule has 28 heavy (non-hydrogen) atoms. The molecule has 1 heterocycles. The number of nitrogens with one attached hydrogen (secondary N) is 2. The van der Waals surface area contributed by atoms with E-state index in [1.807, 2.05) is 26.0 Å². The van der Waals surface area contributed by atoms with E-state index in [0.29, 0.717) is 12.4 Å². The van der Waals surface area contributed by atoms with Gasteiger partial charge < -0.3 is 20.1 Å². The number of carbonyl (C=O) groups is 2. The normalized spacial score (nSPS) is 14.8. The maximum atomic E-state index is 13.6. The standard InChI is InChI=1S/C21H23FN2O4/c1-3-27-18-9-14-8-13(2)28-19(14)10-15(18)11-23-20(25)12-24-21(26)16-6-4-5-7-17(16)22/h4-7,9-10,13H,3,8,11-12H2,1-2H3,(H,23,25)(H,24,26)/t13-/m1/s1. The summed E-state index contributed by atoms with van der Waals surface area (Å²) in [5.41, 5.74) is 1.78. The van der Waals surface area contributed by atoms with E-state index < -0.39 is 11.7 Å². The smallest absolute Gasteiger partial charge is 0.254 e. The number of amides is 2. The average Bonchev–Trinajstić information content (AvgIpc) is 3.03. The second-order valence-electron chi connectivity index (χ2n) is 6.57. The van der Waals surface area contributed by atoms with Crippen LogP contribution in [0.1, 0.15) is 35.3 Å². The molecule has 2 N–H and O–H groups in total. The van der Waals surface area contributed by atoms with Gasteiger partial charge in [-0.25, -0.2) is 4.39 Å². The fourth-order valence-electron chi connectivity index (χ4n) is 3.07. The van der Waals surface area contributed by atoms with E-state index in [2.05, 4.69) is 10.6 Å². The van der Waals surface area contributed by atoms with E-state index in [4.69, 9.17) is 9.47 Å². The van der Waals surface area contributed by atoms with Crippen molar-refractivity contribution in [1.82, 2.24) is 10.6 Å². The highest BCUT2D eigenvalue weighted by Gasteiger charge is 2.22. The van der Waals surface area contributed by atoms with Gasteiger partial charge in [0, 0.05) is 24.1 Å². The third-order valence-electron chi connectivity index (χ3n) is 4.38. The number of carbonyl (C=O) groups excluding carboxylic acids is 2. The Kier molecular flexibility index (Phi) is 6.13. The quantitative estimate of drug-likeness (QED) is 0.767. The number of halogens is 1. The topological polar surface area (TPSA) is 76.7 Å². The Morgan fingerprint density at radius 2 is 2.04 bits per heavy atom. The number of rotatable bonds is 7. The molecule has 0 spiro atoms. The number of benzene rings is 2. The molecule has 6 nitrogen and oxygen atoms in total. The molecule has 0 radical (unpaired) electrons. The van der Waals surface area contributed by atoms with Crippen LogP contribution in [0.3, 0.4) is 0 Å². The van der Waals surface area contributed by atoms with Crippen LogP contribution < -0.4 is 20.1 Å². The molecule has 2 aromatic rings. The Morgan fingerprint density at radius 1 is 1.25 bits per heavy atom. The van der Waals surface area contributed by atoms with Gasteiger partial charge in [0.1, 0.15) is 23.4 Å². The van der Waals surface area contributed by atoms with Crippen LogP contribution in [-0.4, -0.2) is 31.1 Å². The van der Waals surface area contributed by atoms with Gasteiger partial charge in [-0.3, -0.25) is 9.59 Å². The van der Waals surface area contributed by atoms with Gasteiger partial charge in [0.05, 0.1) is 18.7 Å². The van der Waals surface area contributed by atoms with Crippen molar-refractivity contribution in [3.8, 4) is 11.5 Å². The van der Waals surface area contributed by atoms with Crippen LogP contribution in [0.15, 0.2) is 36.4 Å². The molecule has 0 fully saturated rings. The molecular weight excluding hydrogens is 363 g/mol. The van der Waals surface area contributed by atoms with Crippen molar-refractivity contribution in [1.29, 1.82) is 0 Å². The van der Waals surface area contributed by atoms with Gasteiger partial charge in [-0.2, -0.15) is 0 Å². The first kappa shape index (κ1) is 19.7. The molecule has 7 heteroatoms. The SMILES string of the molecule is CCOc1cc2c(cc1CNC(=O)CNC(=O)c1ccccc1F)O[C@H](C)C2. The van der Waals surface area contributed by atoms with Crippen molar-refractivity contribution in [3.63, 3.8) is 0 Å². The zero-order chi connectivity index (χ0) is 20.1. The van der Waals surface area contributed by atoms with Gasteiger partial charge in [-0.15, -0.1) is 0 Å². The lowest BCUT2D eigenvalue weighted by molar-refractivity contribution is -0.120. The molecule has 0 saturated carbocycles. The minimum atomic E-state index is -0.636. The predicted molar refractivity (Wildman–Crippen MR) is 102 cm³/mol. The minimum absolute atomic E-state index is 0.0983. The molecule has 1 aliphatic rings. The molecule has 0 aliphatic carbocycles. The highest BCUT2D eigenvalue weighted by Crippen LogP contribution is 2.35. The summed E-state index contributed by atoms with van der Waals surface area (Å²) in [4.78, 5) is 24.1. The monoisotopic (exact) mass is 386 g/mol. The van der Waals surface area contributed by atoms with Gasteiger partial charge in [-0.1, -0.05) is 12.1 Å². The molecule has 0 bridgehead atoms. The third-order valence-corrected chi connectivity index (χ3v) is 4.38. The van der Waals surface area contributed by atoms with Gasteiger partial charge in [-0.05, 0) is 38.1 Å². The van der Waals surface area contributed by atoms with E-state index >= 15 is 0 Å². The molecule has 1 atom stereocenters. The summed E-state index contributed by atoms with van der Waals surface area (Å²) in [7, 11) is 0. The van der Waals surface area contributed by atoms with E-state index in [0.717, 1.165) is 23.3 Å². The maximum Gasteiger partial charge on any atom is 0.254 e. The zero-order valence-electron chi connectivity index (χ0n) is 15.9. The lowest BCUT2D eigenvalue weighted by atomic mass is 10.1. The molecule has 0 aromatic heterocycles. The Bertz CT molecular complexity index is 885. The summed E-state index contributed by atoms with van der Waals surface area (Å²) >= 11 is 0. The fourth-order valence-corrected chi connectivity index (χ4v) is 3.07. The molecule has 2 aromatic carbocycles. The summed E-state index contributed by atoms with van der Waals surface area (Å²) in [6, 6.07) is 9.44. The first-order chi connectivity index (χ1) is 13.5. The lowest BCUT2D eigenvalue weighted by Crippen LogP contribution is -2.37. The van der Waals surface area contributed by atoms with E-state index in [-0.39, 0.29) is 30.7 Å². The Hall–Kier alpha value is -3.09. The molecular formula is C21H23FN2O4. The van der Waals surface area contributed by atoms with Crippen LogP contribution in [0, 0.1) is 5.82 Å². The molecule has 0 saturated heterocycles. The second-order valence-corrected chi connectivity index (χ2v) is 6.57. The van der Waals surface area contributed by atoms with Gasteiger partial charge in [0.25, 0.3) is 5.91 Å². The van der Waals surface area contributed by atoms with Gasteiger partial charge >= 0.3 is 0 Å². The predicted octanol–water partition coefficient (Wildman–Crippen LogP) is 2.59. The van der Waals surface area contributed by atoms with Crippen LogP contribution in [0.5, 0.6) is 11.5 Å². The van der Waals surface area contributed by atoms with E-state index in [9.17, 15) is 14.0 Å². The van der Waals surface area contributed by atoms with Crippen molar-refractivity contribution in [2.75, 3.05) is 13.2 Å². The first-order valence-corrected chi connectivity index (χ1v) is 9.22. The summed E-state index contributed by atoms with van der Waals surface area (Å²) in [6.07, 6.45) is 0.937. The highest BCUT2D eigenvalue weighted by molar-refractivity contribution is 5.96. The Labute approximate surface area is 163 Å². The van der Waals surface area contributed by atoms with Crippen molar-refractivity contribution in [2.24, 2.45) is 0 Å². The van der Waals surface area contributed by atoms with E-state index in [1.165, 1.54) is 18.2 Å². The molecule has 2 amide bonds. The van der Waals surface area contributed by atoms with Crippen molar-refractivity contribution in [3.05, 3.63) is 58.9 Å². The summed E-state index contributed by atoms with van der Waals surface area (Å²) < 4.78 is 25.0. The summed E-state index contributed by atoms with van der Waals surface area (Å²) in [5, 5.41) is 5.15. The Balaban J connectivity index is 1.58. The maximum absolute atomic E-state index is 13.6. The summed E-state index contributed by atoms with van der Waals surface area (Å²) in [5.74, 6) is -0.151. The summed E-state index contributed by atoms with van der Waals surface area (Å²) in [6.45, 7) is 4.38. The number of hydrogen-bond acceptors (Lipinski definition) is 4. The average molecular weight is 386 g/mol. The van der Waals surface area contributed by atoms with Crippen LogP contribution in [-0.2, 0) is 17.8 Å². The zero-order valence-corrected chi connectivity index (χ0v) is 15.9. The Morgan fingerprint density at radius 3 is 2.79 bits per heavy atom. The minimum Gasteiger partial charge on any atom is -0.494 e. The largest absolute Gasteiger partial charge is 0.494 e. The molecule has 1 aliphatic heterocycles. The van der Waals surface area contributed by atoms with Crippen molar-refractivity contribution in [2.45, 2.75) is 32.9 Å². The van der Waals surface area contributed by atoms with Crippen LogP contribution in [0.4, 0.5) is 4.39 Å². The van der Waals surface area contributed by atoms with Gasteiger partial charge in [0.15, 0.2) is 0 Å². The van der Waals surface area contributed by atoms with Crippen LogP contribution >= 0.6 is 0 Å². The molecule has 0 unspecified atom stereocenters. The van der Waals surface area contributed by atoms with Gasteiger partial charge in [0.2, 0.25) is 5.91 Å². The highest BCUT2D eigenvalue weighted by atomic mass is 19.1. The number of ether oxygens (including phenoxy) is 2. The third kappa shape index (κ3) is 4.60. The molecule has 148 valence electrons. The second kappa shape index (κ2) is 8.73. The van der Waals surface area contributed by atoms with Crippen molar-refractivity contribution >= 4 is 11.8 Å². The van der Waals surface area contributed by atoms with Crippen LogP contribution in [0.2, 0.25) is 0 Å². The van der Waals surface area contributed by atoms with Crippen molar-refractivity contribution < 1.29 is 23.5 Å². The lowest BCUT2D eigenvalue weighted by Gasteiger charge is -2.13. The molecule has 3 rings (SSSR count). The number of hydrogen-bond donors (Lipinski definition) is 2. The van der Waals surface area contributed by atoms with Crippen LogP contribution in [0.25, 0.3) is 0 Å². The fraction of sp³-hybridized carbons (Fsp3) is 0.333.